The molecule has 1 fully saturated rings. The number of aliphatic hydroxyl groups is 1. The Labute approximate surface area is 165 Å². The van der Waals surface area contributed by atoms with Crippen LogP contribution in [0.1, 0.15) is 60.7 Å². The van der Waals surface area contributed by atoms with Crippen LogP contribution in [-0.4, -0.2) is 28.1 Å². The van der Waals surface area contributed by atoms with Gasteiger partial charge in [-0.2, -0.15) is 0 Å². The van der Waals surface area contributed by atoms with E-state index >= 15 is 0 Å². The van der Waals surface area contributed by atoms with Crippen LogP contribution in [-0.2, 0) is 0 Å². The Kier molecular flexibility index (Phi) is 4.44. The van der Waals surface area contributed by atoms with E-state index in [9.17, 15) is 9.90 Å². The molecule has 2 unspecified atom stereocenters. The third-order valence-corrected chi connectivity index (χ3v) is 6.20. The number of allylic oxidation sites excluding steroid dienone is 2. The second-order valence-corrected chi connectivity index (χ2v) is 7.96. The van der Waals surface area contributed by atoms with Crippen LogP contribution in [0.5, 0.6) is 5.75 Å². The molecular formula is C24H25NO3. The monoisotopic (exact) mass is 375 g/mol. The Balaban J connectivity index is 1.56. The number of hydrogen-bond donors (Lipinski definition) is 1. The van der Waals surface area contributed by atoms with Gasteiger partial charge in [-0.3, -0.25) is 4.79 Å². The number of amides is 1. The minimum Gasteiger partial charge on any atom is -0.490 e. The van der Waals surface area contributed by atoms with E-state index in [0.29, 0.717) is 12.0 Å². The zero-order valence-corrected chi connectivity index (χ0v) is 15.9. The Morgan fingerprint density at radius 1 is 1.04 bits per heavy atom. The smallest absolute Gasteiger partial charge is 0.257 e. The van der Waals surface area contributed by atoms with Crippen LogP contribution in [0.4, 0.5) is 0 Å². The summed E-state index contributed by atoms with van der Waals surface area (Å²) in [5.41, 5.74) is 1.43. The Morgan fingerprint density at radius 2 is 1.89 bits per heavy atom. The molecule has 2 aliphatic carbocycles. The average molecular weight is 375 g/mol. The van der Waals surface area contributed by atoms with E-state index in [1.807, 2.05) is 54.6 Å². The first-order valence-corrected chi connectivity index (χ1v) is 10.3. The van der Waals surface area contributed by atoms with Gasteiger partial charge in [0.1, 0.15) is 5.75 Å². The van der Waals surface area contributed by atoms with Gasteiger partial charge in [0, 0.05) is 21.9 Å². The second-order valence-electron chi connectivity index (χ2n) is 7.96. The summed E-state index contributed by atoms with van der Waals surface area (Å²) >= 11 is 0. The van der Waals surface area contributed by atoms with Gasteiger partial charge < -0.3 is 14.7 Å². The molecule has 0 bridgehead atoms. The highest BCUT2D eigenvalue weighted by Crippen LogP contribution is 2.41. The second kappa shape index (κ2) is 7.10. The van der Waals surface area contributed by atoms with Gasteiger partial charge in [0.2, 0.25) is 0 Å². The van der Waals surface area contributed by atoms with Crippen LogP contribution >= 0.6 is 0 Å². The number of benzene rings is 2. The third-order valence-electron chi connectivity index (χ3n) is 6.20. The van der Waals surface area contributed by atoms with Gasteiger partial charge in [0.25, 0.3) is 5.91 Å². The minimum atomic E-state index is -0.949. The van der Waals surface area contributed by atoms with Crippen molar-refractivity contribution in [3.05, 3.63) is 65.8 Å². The lowest BCUT2D eigenvalue weighted by Crippen LogP contribution is -2.44. The molecule has 0 spiro atoms. The molecule has 1 aliphatic heterocycles. The molecule has 1 N–H and O–H groups in total. The van der Waals surface area contributed by atoms with Crippen molar-refractivity contribution in [1.82, 2.24) is 4.90 Å². The molecule has 2 atom stereocenters. The molecule has 4 nitrogen and oxygen atoms in total. The van der Waals surface area contributed by atoms with E-state index in [1.165, 1.54) is 19.3 Å². The molecule has 5 rings (SSSR count). The Bertz CT molecular complexity index is 971. The highest BCUT2D eigenvalue weighted by atomic mass is 16.5. The molecule has 2 aromatic carbocycles. The van der Waals surface area contributed by atoms with Gasteiger partial charge in [-0.1, -0.05) is 48.9 Å². The third kappa shape index (κ3) is 2.83. The molecule has 0 radical (unpaired) electrons. The summed E-state index contributed by atoms with van der Waals surface area (Å²) in [5, 5.41) is 12.8. The van der Waals surface area contributed by atoms with E-state index in [0.717, 1.165) is 34.9 Å². The molecule has 1 saturated carbocycles. The van der Waals surface area contributed by atoms with E-state index in [2.05, 4.69) is 0 Å². The molecule has 4 heteroatoms. The summed E-state index contributed by atoms with van der Waals surface area (Å²) in [7, 11) is 0. The maximum Gasteiger partial charge on any atom is 0.257 e. The van der Waals surface area contributed by atoms with Gasteiger partial charge in [0.15, 0.2) is 6.23 Å². The fourth-order valence-corrected chi connectivity index (χ4v) is 4.77. The summed E-state index contributed by atoms with van der Waals surface area (Å²) in [5.74, 6) is 0.701. The van der Waals surface area contributed by atoms with Crippen molar-refractivity contribution in [2.45, 2.75) is 56.9 Å². The molecule has 1 amide bonds. The van der Waals surface area contributed by atoms with Crippen LogP contribution < -0.4 is 4.74 Å². The lowest BCUT2D eigenvalue weighted by molar-refractivity contribution is -0.00692. The molecule has 3 aliphatic rings. The minimum absolute atomic E-state index is 0.120. The zero-order valence-electron chi connectivity index (χ0n) is 15.9. The fourth-order valence-electron chi connectivity index (χ4n) is 4.77. The Morgan fingerprint density at radius 3 is 2.68 bits per heavy atom. The van der Waals surface area contributed by atoms with Crippen molar-refractivity contribution in [2.75, 3.05) is 0 Å². The normalized spacial score (nSPS) is 24.8. The molecular weight excluding hydrogens is 350 g/mol. The summed E-state index contributed by atoms with van der Waals surface area (Å²) in [4.78, 5) is 14.9. The number of carbonyl (C=O) groups is 1. The van der Waals surface area contributed by atoms with Crippen LogP contribution in [0.15, 0.2) is 54.6 Å². The van der Waals surface area contributed by atoms with E-state index in [-0.39, 0.29) is 18.1 Å². The number of hydrogen-bond acceptors (Lipinski definition) is 3. The molecule has 1 heterocycles. The highest BCUT2D eigenvalue weighted by molar-refractivity contribution is 6.11. The van der Waals surface area contributed by atoms with Crippen LogP contribution in [0.2, 0.25) is 0 Å². The van der Waals surface area contributed by atoms with Gasteiger partial charge in [-0.15, -0.1) is 0 Å². The SMILES string of the molecule is O=C1c2cccc3c(OC4CCCCC4)ccc(c23)C(O)N1C1C=CC=CC1. The zero-order chi connectivity index (χ0) is 19.1. The lowest BCUT2D eigenvalue weighted by Gasteiger charge is -2.38. The summed E-state index contributed by atoms with van der Waals surface area (Å²) in [6, 6.07) is 9.54. The topological polar surface area (TPSA) is 49.8 Å². The van der Waals surface area contributed by atoms with E-state index in [1.54, 1.807) is 4.90 Å². The molecule has 0 aromatic heterocycles. The standard InChI is InChI=1S/C24H25NO3/c26-23-19-13-7-12-18-21(28-17-10-5-2-6-11-17)15-14-20(22(18)19)24(27)25(23)16-8-3-1-4-9-16/h1,3-4,7-8,12-17,24,27H,2,5-6,9-11H2. The number of carbonyl (C=O) groups excluding carboxylic acids is 1. The van der Waals surface area contributed by atoms with E-state index in [4.69, 9.17) is 4.74 Å². The largest absolute Gasteiger partial charge is 0.490 e. The van der Waals surface area contributed by atoms with Crippen LogP contribution in [0.3, 0.4) is 0 Å². The molecule has 144 valence electrons. The maximum absolute atomic E-state index is 13.3. The van der Waals surface area contributed by atoms with E-state index < -0.39 is 6.23 Å². The average Bonchev–Trinajstić information content (AvgIpc) is 2.74. The molecule has 2 aromatic rings. The van der Waals surface area contributed by atoms with Crippen molar-refractivity contribution in [2.24, 2.45) is 0 Å². The van der Waals surface area contributed by atoms with Crippen molar-refractivity contribution in [1.29, 1.82) is 0 Å². The first kappa shape index (κ1) is 17.5. The van der Waals surface area contributed by atoms with Crippen molar-refractivity contribution < 1.29 is 14.6 Å². The van der Waals surface area contributed by atoms with Gasteiger partial charge in [0.05, 0.1) is 12.1 Å². The van der Waals surface area contributed by atoms with Crippen molar-refractivity contribution in [3.63, 3.8) is 0 Å². The molecule has 28 heavy (non-hydrogen) atoms. The summed E-state index contributed by atoms with van der Waals surface area (Å²) in [6.45, 7) is 0. The predicted octanol–water partition coefficient (Wildman–Crippen LogP) is 4.88. The number of nitrogens with zero attached hydrogens (tertiary/aromatic N) is 1. The predicted molar refractivity (Wildman–Crippen MR) is 109 cm³/mol. The first-order valence-electron chi connectivity index (χ1n) is 10.3. The number of aliphatic hydroxyl groups excluding tert-OH is 1. The summed E-state index contributed by atoms with van der Waals surface area (Å²) in [6.07, 6.45) is 13.8. The van der Waals surface area contributed by atoms with Gasteiger partial charge in [-0.25, -0.2) is 0 Å². The van der Waals surface area contributed by atoms with Gasteiger partial charge in [-0.05, 0) is 44.2 Å². The summed E-state index contributed by atoms with van der Waals surface area (Å²) < 4.78 is 6.33. The van der Waals surface area contributed by atoms with Crippen LogP contribution in [0, 0.1) is 0 Å². The Hall–Kier alpha value is -2.59. The van der Waals surface area contributed by atoms with Crippen molar-refractivity contribution >= 4 is 16.7 Å². The van der Waals surface area contributed by atoms with Crippen molar-refractivity contribution in [3.8, 4) is 5.75 Å². The molecule has 0 saturated heterocycles. The van der Waals surface area contributed by atoms with Gasteiger partial charge >= 0.3 is 0 Å². The van der Waals surface area contributed by atoms with Crippen LogP contribution in [0.25, 0.3) is 10.8 Å². The number of ether oxygens (including phenoxy) is 1. The quantitative estimate of drug-likeness (QED) is 0.832. The highest BCUT2D eigenvalue weighted by Gasteiger charge is 2.37. The first-order chi connectivity index (χ1) is 13.7. The fraction of sp³-hybridized carbons (Fsp3) is 0.375. The lowest BCUT2D eigenvalue weighted by atomic mass is 9.91. The maximum atomic E-state index is 13.3. The number of rotatable bonds is 3.